The highest BCUT2D eigenvalue weighted by Gasteiger charge is 2.23. The molecule has 1 aromatic carbocycles. The van der Waals surface area contributed by atoms with E-state index >= 15 is 0 Å². The van der Waals surface area contributed by atoms with Crippen LogP contribution in [0.1, 0.15) is 30.2 Å². The number of nitrogens with zero attached hydrogens (tertiary/aromatic N) is 2. The molecule has 0 atom stereocenters. The fourth-order valence-corrected chi connectivity index (χ4v) is 1.72. The summed E-state index contributed by atoms with van der Waals surface area (Å²) in [6, 6.07) is 3.24. The second-order valence-electron chi connectivity index (χ2n) is 4.37. The molecule has 4 nitrogen and oxygen atoms in total. The summed E-state index contributed by atoms with van der Waals surface area (Å²) in [6.45, 7) is 3.58. The molecule has 0 radical (unpaired) electrons. The average Bonchev–Trinajstić information content (AvgIpc) is 2.73. The minimum atomic E-state index is -1.27. The van der Waals surface area contributed by atoms with Crippen molar-refractivity contribution in [3.63, 3.8) is 0 Å². The van der Waals surface area contributed by atoms with Gasteiger partial charge in [-0.15, -0.1) is 0 Å². The molecule has 1 heterocycles. The highest BCUT2D eigenvalue weighted by molar-refractivity contribution is 5.94. The Labute approximate surface area is 108 Å². The predicted octanol–water partition coefficient (Wildman–Crippen LogP) is 3.11. The van der Waals surface area contributed by atoms with E-state index in [0.717, 1.165) is 12.1 Å². The lowest BCUT2D eigenvalue weighted by Crippen LogP contribution is -2.01. The molecule has 2 aromatic rings. The van der Waals surface area contributed by atoms with Crippen LogP contribution in [-0.2, 0) is 0 Å². The molecule has 2 rings (SSSR count). The average molecular weight is 266 g/mol. The highest BCUT2D eigenvalue weighted by atomic mass is 19.1. The van der Waals surface area contributed by atoms with Crippen LogP contribution < -0.4 is 0 Å². The first-order valence-electron chi connectivity index (χ1n) is 5.68. The maximum atomic E-state index is 13.7. The summed E-state index contributed by atoms with van der Waals surface area (Å²) >= 11 is 0. The van der Waals surface area contributed by atoms with Crippen molar-refractivity contribution >= 4 is 5.97 Å². The van der Waals surface area contributed by atoms with Crippen molar-refractivity contribution < 1.29 is 18.7 Å². The Balaban J connectivity index is 2.71. The molecule has 0 aliphatic rings. The van der Waals surface area contributed by atoms with E-state index in [4.69, 9.17) is 5.11 Å². The third-order valence-corrected chi connectivity index (χ3v) is 2.69. The second kappa shape index (κ2) is 4.79. The maximum absolute atomic E-state index is 13.7. The third kappa shape index (κ3) is 2.33. The zero-order chi connectivity index (χ0) is 14.2. The van der Waals surface area contributed by atoms with Gasteiger partial charge in [-0.3, -0.25) is 4.68 Å². The van der Waals surface area contributed by atoms with E-state index in [-0.39, 0.29) is 17.3 Å². The molecule has 0 bridgehead atoms. The Morgan fingerprint density at radius 3 is 2.37 bits per heavy atom. The van der Waals surface area contributed by atoms with Crippen molar-refractivity contribution in [2.75, 3.05) is 0 Å². The summed E-state index contributed by atoms with van der Waals surface area (Å²) in [5, 5.41) is 13.1. The minimum Gasteiger partial charge on any atom is -0.478 e. The molecular weight excluding hydrogens is 254 g/mol. The molecule has 0 spiro atoms. The molecule has 0 unspecified atom stereocenters. The van der Waals surface area contributed by atoms with Crippen LogP contribution in [0.25, 0.3) is 11.3 Å². The molecule has 1 N–H and O–H groups in total. The van der Waals surface area contributed by atoms with Crippen LogP contribution in [0.5, 0.6) is 0 Å². The first-order valence-corrected chi connectivity index (χ1v) is 5.68. The van der Waals surface area contributed by atoms with Gasteiger partial charge >= 0.3 is 5.97 Å². The number of rotatable bonds is 3. The van der Waals surface area contributed by atoms with Crippen molar-refractivity contribution in [1.82, 2.24) is 9.78 Å². The van der Waals surface area contributed by atoms with Crippen LogP contribution in [0.3, 0.4) is 0 Å². The van der Waals surface area contributed by atoms with E-state index in [1.165, 1.54) is 16.9 Å². The fraction of sp³-hybridized carbons (Fsp3) is 0.231. The number of carboxylic acids is 1. The van der Waals surface area contributed by atoms with E-state index in [1.54, 1.807) is 13.8 Å². The van der Waals surface area contributed by atoms with E-state index in [1.807, 2.05) is 0 Å². The van der Waals surface area contributed by atoms with Crippen LogP contribution in [0.2, 0.25) is 0 Å². The molecule has 0 aliphatic carbocycles. The normalized spacial score (nSPS) is 11.0. The first kappa shape index (κ1) is 13.2. The number of aromatic nitrogens is 2. The van der Waals surface area contributed by atoms with E-state index in [2.05, 4.69) is 5.10 Å². The minimum absolute atomic E-state index is 0.110. The lowest BCUT2D eigenvalue weighted by Gasteiger charge is -2.04. The standard InChI is InChI=1S/C13H12F2N2O2/c1-7(2)17-6-8(13(18)19)12(16-17)11-9(14)4-3-5-10(11)15/h3-7H,1-2H3,(H,18,19). The van der Waals surface area contributed by atoms with Crippen LogP contribution >= 0.6 is 0 Å². The van der Waals surface area contributed by atoms with E-state index in [9.17, 15) is 13.6 Å². The van der Waals surface area contributed by atoms with Crippen LogP contribution in [-0.4, -0.2) is 20.9 Å². The zero-order valence-electron chi connectivity index (χ0n) is 10.4. The summed E-state index contributed by atoms with van der Waals surface area (Å²) in [6.07, 6.45) is 1.27. The quantitative estimate of drug-likeness (QED) is 0.928. The number of carboxylic acid groups (broad SMARTS) is 1. The van der Waals surface area contributed by atoms with E-state index in [0.29, 0.717) is 0 Å². The maximum Gasteiger partial charge on any atom is 0.339 e. The molecule has 0 fully saturated rings. The van der Waals surface area contributed by atoms with Gasteiger partial charge in [0.05, 0.1) is 5.56 Å². The van der Waals surface area contributed by atoms with Crippen LogP contribution in [0.4, 0.5) is 8.78 Å². The van der Waals surface area contributed by atoms with Crippen molar-refractivity contribution in [1.29, 1.82) is 0 Å². The zero-order valence-corrected chi connectivity index (χ0v) is 10.4. The molecule has 19 heavy (non-hydrogen) atoms. The largest absolute Gasteiger partial charge is 0.478 e. The third-order valence-electron chi connectivity index (χ3n) is 2.69. The first-order chi connectivity index (χ1) is 8.91. The fourth-order valence-electron chi connectivity index (χ4n) is 1.72. The second-order valence-corrected chi connectivity index (χ2v) is 4.37. The van der Waals surface area contributed by atoms with Gasteiger partial charge < -0.3 is 5.11 Å². The Morgan fingerprint density at radius 1 is 1.32 bits per heavy atom. The van der Waals surface area contributed by atoms with Gasteiger partial charge in [-0.2, -0.15) is 5.10 Å². The SMILES string of the molecule is CC(C)n1cc(C(=O)O)c(-c2c(F)cccc2F)n1. The molecule has 0 saturated heterocycles. The van der Waals surface area contributed by atoms with Gasteiger partial charge in [0.2, 0.25) is 0 Å². The Morgan fingerprint density at radius 2 is 1.89 bits per heavy atom. The molecule has 6 heteroatoms. The smallest absolute Gasteiger partial charge is 0.339 e. The molecule has 100 valence electrons. The topological polar surface area (TPSA) is 55.1 Å². The molecule has 0 amide bonds. The number of carbonyl (C=O) groups is 1. The highest BCUT2D eigenvalue weighted by Crippen LogP contribution is 2.28. The number of hydrogen-bond donors (Lipinski definition) is 1. The molecule has 0 saturated carbocycles. The van der Waals surface area contributed by atoms with Gasteiger partial charge in [0, 0.05) is 12.2 Å². The lowest BCUT2D eigenvalue weighted by atomic mass is 10.1. The monoisotopic (exact) mass is 266 g/mol. The summed E-state index contributed by atoms with van der Waals surface area (Å²) in [5.74, 6) is -2.95. The van der Waals surface area contributed by atoms with Crippen LogP contribution in [0, 0.1) is 11.6 Å². The summed E-state index contributed by atoms with van der Waals surface area (Å²) in [7, 11) is 0. The van der Waals surface area contributed by atoms with Crippen molar-refractivity contribution in [3.05, 3.63) is 41.6 Å². The number of benzene rings is 1. The van der Waals surface area contributed by atoms with Crippen LogP contribution in [0.15, 0.2) is 24.4 Å². The summed E-state index contributed by atoms with van der Waals surface area (Å²) < 4.78 is 28.8. The predicted molar refractivity (Wildman–Crippen MR) is 64.9 cm³/mol. The van der Waals surface area contributed by atoms with Gasteiger partial charge in [-0.25, -0.2) is 13.6 Å². The summed E-state index contributed by atoms with van der Waals surface area (Å²) in [5.41, 5.74) is -0.839. The Kier molecular flexibility index (Phi) is 3.33. The van der Waals surface area contributed by atoms with Crippen molar-refractivity contribution in [2.45, 2.75) is 19.9 Å². The van der Waals surface area contributed by atoms with Gasteiger partial charge in [-0.05, 0) is 26.0 Å². The Bertz CT molecular complexity index is 615. The molecule has 0 aliphatic heterocycles. The number of aromatic carboxylic acids is 1. The van der Waals surface area contributed by atoms with Gasteiger partial charge in [0.1, 0.15) is 22.9 Å². The van der Waals surface area contributed by atoms with Gasteiger partial charge in [0.25, 0.3) is 0 Å². The van der Waals surface area contributed by atoms with Crippen molar-refractivity contribution in [2.24, 2.45) is 0 Å². The molecule has 1 aromatic heterocycles. The summed E-state index contributed by atoms with van der Waals surface area (Å²) in [4.78, 5) is 11.2. The lowest BCUT2D eigenvalue weighted by molar-refractivity contribution is 0.0697. The van der Waals surface area contributed by atoms with Gasteiger partial charge in [-0.1, -0.05) is 6.07 Å². The van der Waals surface area contributed by atoms with E-state index < -0.39 is 23.2 Å². The Hall–Kier alpha value is -2.24. The van der Waals surface area contributed by atoms with Crippen molar-refractivity contribution in [3.8, 4) is 11.3 Å². The van der Waals surface area contributed by atoms with Gasteiger partial charge in [0.15, 0.2) is 0 Å². The number of halogens is 2. The number of hydrogen-bond acceptors (Lipinski definition) is 2. The molecular formula is C13H12F2N2O2.